The Hall–Kier alpha value is -3.07. The molecular weight excluding hydrogens is 438 g/mol. The molecule has 3 aromatic heterocycles. The van der Waals surface area contributed by atoms with Gasteiger partial charge in [-0.15, -0.1) is 16.4 Å². The quantitative estimate of drug-likeness (QED) is 0.400. The highest BCUT2D eigenvalue weighted by molar-refractivity contribution is 7.71. The van der Waals surface area contributed by atoms with Gasteiger partial charge in [0.1, 0.15) is 4.83 Å². The van der Waals surface area contributed by atoms with E-state index >= 15 is 0 Å². The number of nitrogens with zero attached hydrogens (tertiary/aromatic N) is 4. The van der Waals surface area contributed by atoms with Gasteiger partial charge in [-0.25, -0.2) is 14.1 Å². The number of aryl methyl sites for hydroxylation is 1. The summed E-state index contributed by atoms with van der Waals surface area (Å²) in [7, 11) is 0. The summed E-state index contributed by atoms with van der Waals surface area (Å²) >= 11 is 7.23. The molecule has 1 N–H and O–H groups in total. The number of H-pyrrole nitrogens is 1. The normalized spacial score (nSPS) is 14.3. The number of hydrogen-bond donors (Lipinski definition) is 1. The molecule has 0 radical (unpaired) electrons. The first-order valence-corrected chi connectivity index (χ1v) is 11.8. The Morgan fingerprint density at radius 1 is 1.16 bits per heavy atom. The first kappa shape index (κ1) is 19.6. The Kier molecular flexibility index (Phi) is 4.60. The van der Waals surface area contributed by atoms with Crippen molar-refractivity contribution in [2.75, 3.05) is 6.54 Å². The number of hydrogen-bond acceptors (Lipinski definition) is 5. The molecule has 8 heteroatoms. The van der Waals surface area contributed by atoms with E-state index < -0.39 is 0 Å². The summed E-state index contributed by atoms with van der Waals surface area (Å²) in [5, 5.41) is 8.09. The van der Waals surface area contributed by atoms with Crippen molar-refractivity contribution in [1.82, 2.24) is 24.1 Å². The van der Waals surface area contributed by atoms with Crippen LogP contribution in [0, 0.1) is 11.7 Å². The van der Waals surface area contributed by atoms with Crippen LogP contribution in [0.5, 0.6) is 0 Å². The highest BCUT2D eigenvalue weighted by Crippen LogP contribution is 2.34. The molecule has 6 nitrogen and oxygen atoms in total. The van der Waals surface area contributed by atoms with Gasteiger partial charge in [-0.2, -0.15) is 0 Å². The van der Waals surface area contributed by atoms with Gasteiger partial charge in [-0.3, -0.25) is 9.69 Å². The van der Waals surface area contributed by atoms with Crippen molar-refractivity contribution in [3.63, 3.8) is 0 Å². The maximum Gasteiger partial charge on any atom is 0.268 e. The monoisotopic (exact) mass is 459 g/mol. The molecule has 0 saturated heterocycles. The summed E-state index contributed by atoms with van der Waals surface area (Å²) in [6.45, 7) is 4.68. The van der Waals surface area contributed by atoms with Crippen LogP contribution >= 0.6 is 23.6 Å². The lowest BCUT2D eigenvalue weighted by Crippen LogP contribution is -2.30. The number of benzene rings is 2. The van der Waals surface area contributed by atoms with Gasteiger partial charge in [0.15, 0.2) is 0 Å². The van der Waals surface area contributed by atoms with Crippen LogP contribution in [0.25, 0.3) is 21.7 Å². The van der Waals surface area contributed by atoms with Crippen molar-refractivity contribution in [3.05, 3.63) is 91.3 Å². The summed E-state index contributed by atoms with van der Waals surface area (Å²) < 4.78 is 4.11. The number of nitrogens with one attached hydrogen (secondary N) is 1. The van der Waals surface area contributed by atoms with Gasteiger partial charge in [0.2, 0.25) is 10.5 Å². The number of aromatic amines is 1. The van der Waals surface area contributed by atoms with Gasteiger partial charge in [-0.05, 0) is 54.4 Å². The van der Waals surface area contributed by atoms with Crippen molar-refractivity contribution in [3.8, 4) is 5.69 Å². The SMILES string of the molecule is Cc1cccc(-n2c(=O)c3c4c(sc3n3c(=S)[nH]nc23)CN(Cc2ccccc2)CC4)c1. The van der Waals surface area contributed by atoms with Crippen LogP contribution in [0.3, 0.4) is 0 Å². The third-order valence-electron chi connectivity index (χ3n) is 6.10. The van der Waals surface area contributed by atoms with Gasteiger partial charge in [0, 0.05) is 24.5 Å². The average molecular weight is 460 g/mol. The van der Waals surface area contributed by atoms with E-state index in [1.807, 2.05) is 41.7 Å². The zero-order valence-electron chi connectivity index (χ0n) is 17.5. The Bertz CT molecular complexity index is 1590. The number of fused-ring (bicyclic) bond motifs is 5. The fourth-order valence-electron chi connectivity index (χ4n) is 4.62. The van der Waals surface area contributed by atoms with Crippen LogP contribution in [0.1, 0.15) is 21.6 Å². The minimum Gasteiger partial charge on any atom is -0.294 e. The van der Waals surface area contributed by atoms with Crippen molar-refractivity contribution in [1.29, 1.82) is 0 Å². The summed E-state index contributed by atoms with van der Waals surface area (Å²) in [6.07, 6.45) is 0.849. The van der Waals surface area contributed by atoms with Gasteiger partial charge in [0.25, 0.3) is 5.56 Å². The van der Waals surface area contributed by atoms with Gasteiger partial charge < -0.3 is 0 Å². The first-order chi connectivity index (χ1) is 15.6. The predicted molar refractivity (Wildman–Crippen MR) is 130 cm³/mol. The molecule has 32 heavy (non-hydrogen) atoms. The van der Waals surface area contributed by atoms with Gasteiger partial charge in [0.05, 0.1) is 11.1 Å². The summed E-state index contributed by atoms with van der Waals surface area (Å²) in [4.78, 5) is 18.4. The van der Waals surface area contributed by atoms with Crippen LogP contribution in [-0.4, -0.2) is 30.6 Å². The van der Waals surface area contributed by atoms with E-state index in [1.54, 1.807) is 15.9 Å². The summed E-state index contributed by atoms with van der Waals surface area (Å²) in [5.41, 5.74) is 4.33. The van der Waals surface area contributed by atoms with Crippen LogP contribution in [0.4, 0.5) is 0 Å². The minimum atomic E-state index is -0.0268. The minimum absolute atomic E-state index is 0.0268. The Balaban J connectivity index is 1.54. The molecule has 0 bridgehead atoms. The lowest BCUT2D eigenvalue weighted by atomic mass is 10.0. The molecule has 2 aromatic carbocycles. The van der Waals surface area contributed by atoms with E-state index in [9.17, 15) is 4.79 Å². The second kappa shape index (κ2) is 7.51. The second-order valence-electron chi connectivity index (χ2n) is 8.27. The molecule has 1 aliphatic rings. The molecule has 0 amide bonds. The van der Waals surface area contributed by atoms with E-state index in [0.29, 0.717) is 10.5 Å². The smallest absolute Gasteiger partial charge is 0.268 e. The topological polar surface area (TPSA) is 58.3 Å². The predicted octanol–water partition coefficient (Wildman–Crippen LogP) is 4.62. The van der Waals surface area contributed by atoms with Crippen molar-refractivity contribution in [2.45, 2.75) is 26.4 Å². The van der Waals surface area contributed by atoms with Crippen LogP contribution < -0.4 is 5.56 Å². The largest absolute Gasteiger partial charge is 0.294 e. The number of rotatable bonds is 3. The van der Waals surface area contributed by atoms with Crippen LogP contribution in [0.15, 0.2) is 59.4 Å². The van der Waals surface area contributed by atoms with E-state index in [4.69, 9.17) is 12.2 Å². The Morgan fingerprint density at radius 3 is 2.81 bits per heavy atom. The highest BCUT2D eigenvalue weighted by atomic mass is 32.1. The maximum atomic E-state index is 13.8. The average Bonchev–Trinajstić information content (AvgIpc) is 3.35. The standard InChI is InChI=1S/C24H21N5OS2/c1-15-6-5-9-17(12-15)28-21(30)20-18-10-11-27(13-16-7-3-2-4-8-16)14-19(18)32-22(20)29-23(28)25-26-24(29)31/h2-9,12H,10-11,13-14H2,1H3,(H,26,31). The highest BCUT2D eigenvalue weighted by Gasteiger charge is 2.26. The molecule has 1 aliphatic heterocycles. The lowest BCUT2D eigenvalue weighted by Gasteiger charge is -2.26. The van der Waals surface area contributed by atoms with Crippen molar-refractivity contribution >= 4 is 39.5 Å². The van der Waals surface area contributed by atoms with Gasteiger partial charge in [-0.1, -0.05) is 42.5 Å². The molecule has 4 heterocycles. The zero-order chi connectivity index (χ0) is 21.8. The third kappa shape index (κ3) is 3.06. The van der Waals surface area contributed by atoms with E-state index in [1.165, 1.54) is 10.4 Å². The molecule has 0 aliphatic carbocycles. The van der Waals surface area contributed by atoms with E-state index in [0.717, 1.165) is 53.1 Å². The molecule has 0 fully saturated rings. The van der Waals surface area contributed by atoms with Gasteiger partial charge >= 0.3 is 0 Å². The molecule has 0 spiro atoms. The summed E-state index contributed by atoms with van der Waals surface area (Å²) in [5.74, 6) is 0.526. The van der Waals surface area contributed by atoms with Crippen LogP contribution in [-0.2, 0) is 19.5 Å². The Morgan fingerprint density at radius 2 is 2.00 bits per heavy atom. The van der Waals surface area contributed by atoms with Crippen LogP contribution in [0.2, 0.25) is 0 Å². The molecule has 0 unspecified atom stereocenters. The molecule has 160 valence electrons. The number of aromatic nitrogens is 4. The van der Waals surface area contributed by atoms with E-state index in [-0.39, 0.29) is 5.56 Å². The van der Waals surface area contributed by atoms with Crippen molar-refractivity contribution in [2.24, 2.45) is 0 Å². The second-order valence-corrected chi connectivity index (χ2v) is 9.74. The maximum absolute atomic E-state index is 13.8. The third-order valence-corrected chi connectivity index (χ3v) is 7.58. The number of thiophene rings is 1. The molecule has 0 saturated carbocycles. The molecule has 5 aromatic rings. The van der Waals surface area contributed by atoms with Crippen molar-refractivity contribution < 1.29 is 0 Å². The Labute approximate surface area is 193 Å². The van der Waals surface area contributed by atoms with E-state index in [2.05, 4.69) is 39.4 Å². The zero-order valence-corrected chi connectivity index (χ0v) is 19.2. The molecule has 6 rings (SSSR count). The fraction of sp³-hybridized carbons (Fsp3) is 0.208. The fourth-order valence-corrected chi connectivity index (χ4v) is 6.28. The molecule has 0 atom stereocenters. The molecular formula is C24H21N5OS2. The lowest BCUT2D eigenvalue weighted by molar-refractivity contribution is 0.249. The summed E-state index contributed by atoms with van der Waals surface area (Å²) in [6, 6.07) is 18.5. The first-order valence-electron chi connectivity index (χ1n) is 10.6.